The van der Waals surface area contributed by atoms with Crippen molar-refractivity contribution in [3.8, 4) is 11.3 Å². The second kappa shape index (κ2) is 6.89. The van der Waals surface area contributed by atoms with Gasteiger partial charge in [-0.1, -0.05) is 40.9 Å². The summed E-state index contributed by atoms with van der Waals surface area (Å²) in [6, 6.07) is 7.68. The summed E-state index contributed by atoms with van der Waals surface area (Å²) in [5.74, 6) is -0.331. The Morgan fingerprint density at radius 1 is 1.21 bits per heavy atom. The van der Waals surface area contributed by atoms with Gasteiger partial charge in [-0.25, -0.2) is 9.97 Å². The first-order valence-corrected chi connectivity index (χ1v) is 8.73. The molecule has 0 bridgehead atoms. The molecule has 0 aliphatic heterocycles. The molecule has 4 nitrogen and oxygen atoms in total. The van der Waals surface area contributed by atoms with E-state index in [1.165, 1.54) is 23.6 Å². The molecule has 0 unspecified atom stereocenters. The fourth-order valence-corrected chi connectivity index (χ4v) is 3.16. The van der Waals surface area contributed by atoms with Crippen LogP contribution in [0.25, 0.3) is 11.3 Å². The Kier molecular flexibility index (Phi) is 4.85. The molecule has 3 rings (SSSR count). The highest BCUT2D eigenvalue weighted by molar-refractivity contribution is 7.14. The highest BCUT2D eigenvalue weighted by Crippen LogP contribution is 2.28. The number of carbonyl (C=O) groups is 1. The zero-order valence-corrected chi connectivity index (χ0v) is 15.3. The summed E-state index contributed by atoms with van der Waals surface area (Å²) in [5.41, 5.74) is 4.52. The summed E-state index contributed by atoms with van der Waals surface area (Å²) in [7, 11) is 0. The lowest BCUT2D eigenvalue weighted by Gasteiger charge is -2.04. The summed E-state index contributed by atoms with van der Waals surface area (Å²) < 4.78 is 0. The predicted molar refractivity (Wildman–Crippen MR) is 99.2 cm³/mol. The Hall–Kier alpha value is -1.95. The van der Waals surface area contributed by atoms with Crippen LogP contribution in [0, 0.1) is 13.8 Å². The number of nitrogens with one attached hydrogen (secondary N) is 1. The number of pyridine rings is 1. The lowest BCUT2D eigenvalue weighted by molar-refractivity contribution is 0.102. The molecule has 0 radical (unpaired) electrons. The van der Waals surface area contributed by atoms with Gasteiger partial charge in [0.25, 0.3) is 5.91 Å². The standard InChI is InChI=1S/C17H13Cl2N3OS/c1-9-3-4-10(2)12(5-9)14-8-24-17(21-14)22-16(23)11-6-13(18)15(19)20-7-11/h3-8H,1-2H3,(H,21,22,23). The highest BCUT2D eigenvalue weighted by Gasteiger charge is 2.13. The molecule has 0 atom stereocenters. The number of rotatable bonds is 3. The van der Waals surface area contributed by atoms with Gasteiger partial charge in [0.1, 0.15) is 5.15 Å². The number of amides is 1. The molecule has 7 heteroatoms. The minimum Gasteiger partial charge on any atom is -0.298 e. The zero-order valence-electron chi connectivity index (χ0n) is 12.9. The molecule has 0 fully saturated rings. The topological polar surface area (TPSA) is 54.9 Å². The molecule has 0 saturated heterocycles. The van der Waals surface area contributed by atoms with Crippen molar-refractivity contribution in [1.82, 2.24) is 9.97 Å². The molecule has 3 aromatic rings. The third-order valence-electron chi connectivity index (χ3n) is 3.45. The number of aromatic nitrogens is 2. The molecular weight excluding hydrogens is 365 g/mol. The van der Waals surface area contributed by atoms with Gasteiger partial charge in [0, 0.05) is 17.1 Å². The van der Waals surface area contributed by atoms with Crippen LogP contribution in [0.15, 0.2) is 35.8 Å². The molecule has 1 aromatic carbocycles. The van der Waals surface area contributed by atoms with Crippen LogP contribution in [0.1, 0.15) is 21.5 Å². The van der Waals surface area contributed by atoms with Crippen molar-refractivity contribution in [2.75, 3.05) is 5.32 Å². The molecule has 0 aliphatic rings. The monoisotopic (exact) mass is 377 g/mol. The molecule has 0 spiro atoms. The van der Waals surface area contributed by atoms with Crippen LogP contribution in [0.3, 0.4) is 0 Å². The molecular formula is C17H13Cl2N3OS. The van der Waals surface area contributed by atoms with Gasteiger partial charge < -0.3 is 0 Å². The smallest absolute Gasteiger partial charge is 0.259 e. The first-order chi connectivity index (χ1) is 11.4. The van der Waals surface area contributed by atoms with E-state index in [0.717, 1.165) is 22.4 Å². The summed E-state index contributed by atoms with van der Waals surface area (Å²) >= 11 is 13.0. The van der Waals surface area contributed by atoms with E-state index < -0.39 is 0 Å². The number of hydrogen-bond donors (Lipinski definition) is 1. The van der Waals surface area contributed by atoms with E-state index in [9.17, 15) is 4.79 Å². The van der Waals surface area contributed by atoms with E-state index in [-0.39, 0.29) is 16.1 Å². The molecule has 0 saturated carbocycles. The minimum absolute atomic E-state index is 0.166. The number of nitrogens with zero attached hydrogens (tertiary/aromatic N) is 2. The van der Waals surface area contributed by atoms with Crippen LogP contribution < -0.4 is 5.32 Å². The molecule has 1 amide bonds. The Labute approximate surface area is 153 Å². The van der Waals surface area contributed by atoms with Crippen molar-refractivity contribution in [3.05, 3.63) is 62.7 Å². The highest BCUT2D eigenvalue weighted by atomic mass is 35.5. The Morgan fingerprint density at radius 2 is 2.00 bits per heavy atom. The molecule has 24 heavy (non-hydrogen) atoms. The van der Waals surface area contributed by atoms with Gasteiger partial charge in [-0.05, 0) is 31.5 Å². The van der Waals surface area contributed by atoms with Crippen LogP contribution in [0.4, 0.5) is 5.13 Å². The van der Waals surface area contributed by atoms with Crippen molar-refractivity contribution in [1.29, 1.82) is 0 Å². The van der Waals surface area contributed by atoms with E-state index in [4.69, 9.17) is 23.2 Å². The maximum Gasteiger partial charge on any atom is 0.259 e. The van der Waals surface area contributed by atoms with E-state index in [1.54, 1.807) is 0 Å². The summed E-state index contributed by atoms with van der Waals surface area (Å²) in [6.07, 6.45) is 1.38. The number of benzene rings is 1. The van der Waals surface area contributed by atoms with Crippen LogP contribution in [0.5, 0.6) is 0 Å². The zero-order chi connectivity index (χ0) is 17.3. The van der Waals surface area contributed by atoms with Gasteiger partial charge in [-0.2, -0.15) is 0 Å². The summed E-state index contributed by atoms with van der Waals surface area (Å²) in [5, 5.41) is 5.59. The summed E-state index contributed by atoms with van der Waals surface area (Å²) in [4.78, 5) is 20.6. The number of carbonyl (C=O) groups excluding carboxylic acids is 1. The molecule has 1 N–H and O–H groups in total. The third kappa shape index (κ3) is 3.59. The van der Waals surface area contributed by atoms with E-state index in [2.05, 4.69) is 33.5 Å². The fraction of sp³-hybridized carbons (Fsp3) is 0.118. The number of thiazole rings is 1. The predicted octanol–water partition coefficient (Wildman–Crippen LogP) is 5.38. The van der Waals surface area contributed by atoms with Crippen molar-refractivity contribution in [2.24, 2.45) is 0 Å². The van der Waals surface area contributed by atoms with Crippen LogP contribution in [-0.4, -0.2) is 15.9 Å². The summed E-state index contributed by atoms with van der Waals surface area (Å²) in [6.45, 7) is 4.07. The van der Waals surface area contributed by atoms with Crippen LogP contribution in [0.2, 0.25) is 10.2 Å². The SMILES string of the molecule is Cc1ccc(C)c(-c2csc(NC(=O)c3cnc(Cl)c(Cl)c3)n2)c1. The fourth-order valence-electron chi connectivity index (χ4n) is 2.18. The number of anilines is 1. The van der Waals surface area contributed by atoms with Gasteiger partial charge in [-0.15, -0.1) is 11.3 Å². The van der Waals surface area contributed by atoms with Crippen molar-refractivity contribution >= 4 is 45.6 Å². The van der Waals surface area contributed by atoms with E-state index in [0.29, 0.717) is 10.7 Å². The van der Waals surface area contributed by atoms with Crippen LogP contribution in [-0.2, 0) is 0 Å². The number of aryl methyl sites for hydroxylation is 2. The largest absolute Gasteiger partial charge is 0.298 e. The van der Waals surface area contributed by atoms with Gasteiger partial charge >= 0.3 is 0 Å². The third-order valence-corrected chi connectivity index (χ3v) is 4.90. The Morgan fingerprint density at radius 3 is 2.75 bits per heavy atom. The molecule has 122 valence electrons. The second-order valence-electron chi connectivity index (χ2n) is 5.31. The molecule has 2 heterocycles. The molecule has 2 aromatic heterocycles. The Bertz CT molecular complexity index is 924. The van der Waals surface area contributed by atoms with Gasteiger partial charge in [0.2, 0.25) is 0 Å². The second-order valence-corrected chi connectivity index (χ2v) is 6.93. The normalized spacial score (nSPS) is 10.7. The maximum absolute atomic E-state index is 12.3. The lowest BCUT2D eigenvalue weighted by Crippen LogP contribution is -2.12. The first-order valence-electron chi connectivity index (χ1n) is 7.09. The van der Waals surface area contributed by atoms with Crippen LogP contribution >= 0.6 is 34.5 Å². The van der Waals surface area contributed by atoms with Crippen molar-refractivity contribution < 1.29 is 4.79 Å². The Balaban J connectivity index is 1.82. The average Bonchev–Trinajstić information content (AvgIpc) is 3.00. The number of hydrogen-bond acceptors (Lipinski definition) is 4. The van der Waals surface area contributed by atoms with Crippen molar-refractivity contribution in [3.63, 3.8) is 0 Å². The van der Waals surface area contributed by atoms with Gasteiger partial charge in [-0.3, -0.25) is 10.1 Å². The minimum atomic E-state index is -0.331. The number of halogens is 2. The van der Waals surface area contributed by atoms with Gasteiger partial charge in [0.15, 0.2) is 5.13 Å². The van der Waals surface area contributed by atoms with E-state index in [1.807, 2.05) is 19.2 Å². The first kappa shape index (κ1) is 16.9. The van der Waals surface area contributed by atoms with Crippen molar-refractivity contribution in [2.45, 2.75) is 13.8 Å². The average molecular weight is 378 g/mol. The lowest BCUT2D eigenvalue weighted by atomic mass is 10.0. The quantitative estimate of drug-likeness (QED) is 0.623. The van der Waals surface area contributed by atoms with E-state index >= 15 is 0 Å². The maximum atomic E-state index is 12.3. The van der Waals surface area contributed by atoms with Gasteiger partial charge in [0.05, 0.1) is 16.3 Å². The molecule has 0 aliphatic carbocycles.